The number of pyridine rings is 1. The molecule has 162 valence electrons. The van der Waals surface area contributed by atoms with E-state index in [4.69, 9.17) is 0 Å². The highest BCUT2D eigenvalue weighted by Crippen LogP contribution is 2.27. The standard InChI is InChI=1S/C26H27N5O/c32-25(18-20-6-2-1-3-7-20)29-24-11-15-28-31(24)23-12-16-30(17-13-23)19-22-9-4-8-21-10-5-14-27-26(21)22/h1-11,14-15,23H,12-13,16-19H2,(H,29,32). The number of fused-ring (bicyclic) bond motifs is 1. The number of hydrogen-bond donors (Lipinski definition) is 1. The quantitative estimate of drug-likeness (QED) is 0.496. The van der Waals surface area contributed by atoms with E-state index in [1.165, 1.54) is 10.9 Å². The molecule has 0 radical (unpaired) electrons. The van der Waals surface area contributed by atoms with Gasteiger partial charge in [0.05, 0.1) is 24.2 Å². The second kappa shape index (κ2) is 9.32. The number of nitrogens with zero attached hydrogens (tertiary/aromatic N) is 4. The van der Waals surface area contributed by atoms with Crippen molar-refractivity contribution >= 4 is 22.6 Å². The number of anilines is 1. The molecule has 2 aromatic carbocycles. The largest absolute Gasteiger partial charge is 0.311 e. The molecule has 4 aromatic rings. The fourth-order valence-corrected chi connectivity index (χ4v) is 4.53. The lowest BCUT2D eigenvalue weighted by molar-refractivity contribution is -0.115. The summed E-state index contributed by atoms with van der Waals surface area (Å²) in [6.45, 7) is 2.89. The van der Waals surface area contributed by atoms with Gasteiger partial charge in [-0.2, -0.15) is 5.10 Å². The topological polar surface area (TPSA) is 63.1 Å². The second-order valence-corrected chi connectivity index (χ2v) is 8.37. The zero-order valence-electron chi connectivity index (χ0n) is 18.0. The number of hydrogen-bond acceptors (Lipinski definition) is 4. The van der Waals surface area contributed by atoms with Crippen molar-refractivity contribution in [1.29, 1.82) is 0 Å². The van der Waals surface area contributed by atoms with E-state index < -0.39 is 0 Å². The number of rotatable bonds is 6. The van der Waals surface area contributed by atoms with E-state index in [0.717, 1.165) is 49.4 Å². The van der Waals surface area contributed by atoms with Crippen LogP contribution in [0.1, 0.15) is 30.0 Å². The summed E-state index contributed by atoms with van der Waals surface area (Å²) >= 11 is 0. The maximum atomic E-state index is 12.5. The molecule has 3 heterocycles. The summed E-state index contributed by atoms with van der Waals surface area (Å²) in [7, 11) is 0. The lowest BCUT2D eigenvalue weighted by atomic mass is 10.0. The molecule has 1 amide bonds. The van der Waals surface area contributed by atoms with Crippen molar-refractivity contribution in [2.75, 3.05) is 18.4 Å². The Morgan fingerprint density at radius 1 is 0.938 bits per heavy atom. The van der Waals surface area contributed by atoms with Crippen LogP contribution < -0.4 is 5.32 Å². The molecule has 0 atom stereocenters. The van der Waals surface area contributed by atoms with Crippen molar-refractivity contribution < 1.29 is 4.79 Å². The predicted octanol–water partition coefficient (Wildman–Crippen LogP) is 4.45. The molecule has 0 spiro atoms. The molecule has 5 rings (SSSR count). The molecule has 0 saturated carbocycles. The fraction of sp³-hybridized carbons (Fsp3) is 0.269. The normalized spacial score (nSPS) is 15.1. The van der Waals surface area contributed by atoms with Crippen LogP contribution in [0.2, 0.25) is 0 Å². The smallest absolute Gasteiger partial charge is 0.229 e. The van der Waals surface area contributed by atoms with E-state index in [1.807, 2.05) is 53.3 Å². The Labute approximate surface area is 187 Å². The summed E-state index contributed by atoms with van der Waals surface area (Å²) in [5, 5.41) is 8.76. The summed E-state index contributed by atoms with van der Waals surface area (Å²) < 4.78 is 1.99. The fourth-order valence-electron chi connectivity index (χ4n) is 4.53. The molecule has 1 fully saturated rings. The third-order valence-corrected chi connectivity index (χ3v) is 6.16. The zero-order chi connectivity index (χ0) is 21.8. The van der Waals surface area contributed by atoms with Gasteiger partial charge in [0.15, 0.2) is 0 Å². The Morgan fingerprint density at radius 2 is 1.75 bits per heavy atom. The van der Waals surface area contributed by atoms with Gasteiger partial charge < -0.3 is 5.32 Å². The van der Waals surface area contributed by atoms with Gasteiger partial charge in [-0.1, -0.05) is 54.6 Å². The van der Waals surface area contributed by atoms with Gasteiger partial charge in [-0.05, 0) is 30.0 Å². The molecule has 0 aliphatic carbocycles. The molecule has 0 bridgehead atoms. The third-order valence-electron chi connectivity index (χ3n) is 6.16. The molecule has 1 aliphatic heterocycles. The third kappa shape index (κ3) is 4.55. The van der Waals surface area contributed by atoms with Crippen LogP contribution in [0.5, 0.6) is 0 Å². The van der Waals surface area contributed by atoms with Crippen molar-refractivity contribution in [3.8, 4) is 0 Å². The molecule has 1 aliphatic rings. The average molecular weight is 426 g/mol. The average Bonchev–Trinajstić information content (AvgIpc) is 3.28. The number of amides is 1. The molecule has 0 unspecified atom stereocenters. The van der Waals surface area contributed by atoms with Gasteiger partial charge in [-0.3, -0.25) is 14.7 Å². The molecular weight excluding hydrogens is 398 g/mol. The Hall–Kier alpha value is -3.51. The summed E-state index contributed by atoms with van der Waals surface area (Å²) in [5.41, 5.74) is 3.37. The number of aromatic nitrogens is 3. The molecule has 2 aromatic heterocycles. The first-order valence-corrected chi connectivity index (χ1v) is 11.2. The van der Waals surface area contributed by atoms with Crippen LogP contribution in [0.3, 0.4) is 0 Å². The van der Waals surface area contributed by atoms with Crippen LogP contribution in [0, 0.1) is 0 Å². The van der Waals surface area contributed by atoms with Crippen molar-refractivity contribution in [2.24, 2.45) is 0 Å². The van der Waals surface area contributed by atoms with E-state index in [0.29, 0.717) is 12.5 Å². The van der Waals surface area contributed by atoms with Gasteiger partial charge >= 0.3 is 0 Å². The minimum atomic E-state index is -0.0150. The van der Waals surface area contributed by atoms with Gasteiger partial charge in [0.1, 0.15) is 5.82 Å². The van der Waals surface area contributed by atoms with Crippen molar-refractivity contribution in [3.05, 3.63) is 90.3 Å². The van der Waals surface area contributed by atoms with Crippen molar-refractivity contribution in [3.63, 3.8) is 0 Å². The minimum absolute atomic E-state index is 0.0150. The number of carbonyl (C=O) groups excluding carboxylic acids is 1. The highest BCUT2D eigenvalue weighted by atomic mass is 16.1. The van der Waals surface area contributed by atoms with Crippen LogP contribution >= 0.6 is 0 Å². The van der Waals surface area contributed by atoms with Crippen LogP contribution in [0.15, 0.2) is 79.1 Å². The van der Waals surface area contributed by atoms with Gasteiger partial charge in [0.25, 0.3) is 0 Å². The molecule has 1 N–H and O–H groups in total. The first-order valence-electron chi connectivity index (χ1n) is 11.2. The first kappa shape index (κ1) is 20.4. The summed E-state index contributed by atoms with van der Waals surface area (Å²) in [6.07, 6.45) is 6.00. The Bertz CT molecular complexity index is 1190. The van der Waals surface area contributed by atoms with E-state index in [2.05, 4.69) is 44.6 Å². The Morgan fingerprint density at radius 3 is 2.59 bits per heavy atom. The molecule has 32 heavy (non-hydrogen) atoms. The lowest BCUT2D eigenvalue weighted by Gasteiger charge is -2.32. The van der Waals surface area contributed by atoms with Crippen LogP contribution in [0.4, 0.5) is 5.82 Å². The van der Waals surface area contributed by atoms with Crippen LogP contribution in [0.25, 0.3) is 10.9 Å². The highest BCUT2D eigenvalue weighted by Gasteiger charge is 2.23. The zero-order valence-corrected chi connectivity index (χ0v) is 18.0. The molecular formula is C26H27N5O. The molecule has 6 nitrogen and oxygen atoms in total. The van der Waals surface area contributed by atoms with Crippen molar-refractivity contribution in [1.82, 2.24) is 19.7 Å². The lowest BCUT2D eigenvalue weighted by Crippen LogP contribution is -2.35. The van der Waals surface area contributed by atoms with E-state index in [9.17, 15) is 4.79 Å². The predicted molar refractivity (Wildman–Crippen MR) is 126 cm³/mol. The number of piperidine rings is 1. The number of para-hydroxylation sites is 1. The number of benzene rings is 2. The highest BCUT2D eigenvalue weighted by molar-refractivity contribution is 5.91. The van der Waals surface area contributed by atoms with Crippen molar-refractivity contribution in [2.45, 2.75) is 31.8 Å². The molecule has 6 heteroatoms. The summed E-state index contributed by atoms with van der Waals surface area (Å²) in [5.74, 6) is 0.765. The SMILES string of the molecule is O=C(Cc1ccccc1)Nc1ccnn1C1CCN(Cc2cccc3cccnc23)CC1. The minimum Gasteiger partial charge on any atom is -0.311 e. The maximum Gasteiger partial charge on any atom is 0.229 e. The number of nitrogens with one attached hydrogen (secondary N) is 1. The second-order valence-electron chi connectivity index (χ2n) is 8.37. The number of carbonyl (C=O) groups is 1. The Balaban J connectivity index is 1.20. The van der Waals surface area contributed by atoms with E-state index in [-0.39, 0.29) is 5.91 Å². The number of likely N-dealkylation sites (tertiary alicyclic amines) is 1. The summed E-state index contributed by atoms with van der Waals surface area (Å²) in [6, 6.07) is 22.5. The van der Waals surface area contributed by atoms with Gasteiger partial charge in [-0.25, -0.2) is 4.68 Å². The van der Waals surface area contributed by atoms with Crippen LogP contribution in [-0.2, 0) is 17.8 Å². The van der Waals surface area contributed by atoms with Crippen LogP contribution in [-0.4, -0.2) is 38.7 Å². The van der Waals surface area contributed by atoms with Gasteiger partial charge in [-0.15, -0.1) is 0 Å². The monoisotopic (exact) mass is 425 g/mol. The first-order chi connectivity index (χ1) is 15.8. The van der Waals surface area contributed by atoms with Gasteiger partial charge in [0, 0.05) is 37.3 Å². The van der Waals surface area contributed by atoms with E-state index >= 15 is 0 Å². The maximum absolute atomic E-state index is 12.5. The Kier molecular flexibility index (Phi) is 5.94. The van der Waals surface area contributed by atoms with E-state index in [1.54, 1.807) is 6.20 Å². The molecule has 1 saturated heterocycles. The van der Waals surface area contributed by atoms with Gasteiger partial charge in [0.2, 0.25) is 5.91 Å². The summed E-state index contributed by atoms with van der Waals surface area (Å²) in [4.78, 5) is 19.6.